The van der Waals surface area contributed by atoms with E-state index in [-0.39, 0.29) is 0 Å². The van der Waals surface area contributed by atoms with Crippen LogP contribution in [0.3, 0.4) is 0 Å². The Morgan fingerprint density at radius 1 is 1.25 bits per heavy atom. The molecule has 3 nitrogen and oxygen atoms in total. The Balaban J connectivity index is 2.71. The van der Waals surface area contributed by atoms with Gasteiger partial charge in [-0.2, -0.15) is 0 Å². The van der Waals surface area contributed by atoms with E-state index >= 15 is 0 Å². The second kappa shape index (κ2) is 6.38. The number of aliphatic hydroxyl groups is 1. The van der Waals surface area contributed by atoms with Gasteiger partial charge in [-0.25, -0.2) is 0 Å². The lowest BCUT2D eigenvalue weighted by atomic mass is 10.1. The molecule has 0 radical (unpaired) electrons. The van der Waals surface area contributed by atoms with Gasteiger partial charge in [0.15, 0.2) is 11.5 Å². The topological polar surface area (TPSA) is 38.7 Å². The predicted molar refractivity (Wildman–Crippen MR) is 64.2 cm³/mol. The van der Waals surface area contributed by atoms with Crippen LogP contribution in [0.15, 0.2) is 18.2 Å². The number of methoxy groups -OCH3 is 1. The summed E-state index contributed by atoms with van der Waals surface area (Å²) in [5, 5.41) is 9.42. The number of benzene rings is 1. The van der Waals surface area contributed by atoms with Crippen LogP contribution >= 0.6 is 0 Å². The van der Waals surface area contributed by atoms with Gasteiger partial charge in [-0.05, 0) is 30.5 Å². The average Bonchev–Trinajstić information content (AvgIpc) is 2.35. The van der Waals surface area contributed by atoms with Gasteiger partial charge in [0.05, 0.1) is 13.2 Å². The summed E-state index contributed by atoms with van der Waals surface area (Å²) in [5.41, 5.74) is 1.21. The minimum atomic E-state index is -0.421. The molecule has 1 rings (SSSR count). The predicted octanol–water partition coefficient (Wildman–Crippen LogP) is 2.41. The second-order valence-corrected chi connectivity index (χ2v) is 3.71. The van der Waals surface area contributed by atoms with E-state index in [4.69, 9.17) is 9.47 Å². The van der Waals surface area contributed by atoms with Crippen molar-refractivity contribution < 1.29 is 14.6 Å². The Bertz CT molecular complexity index is 323. The van der Waals surface area contributed by atoms with Crippen LogP contribution in [0, 0.1) is 0 Å². The SMILES string of the molecule is CCc1ccc(OCC(O)CC)c(OC)c1. The Morgan fingerprint density at radius 3 is 2.56 bits per heavy atom. The summed E-state index contributed by atoms with van der Waals surface area (Å²) in [6.45, 7) is 4.32. The number of aliphatic hydroxyl groups excluding tert-OH is 1. The van der Waals surface area contributed by atoms with E-state index in [0.29, 0.717) is 18.8 Å². The maximum Gasteiger partial charge on any atom is 0.161 e. The van der Waals surface area contributed by atoms with Crippen LogP contribution < -0.4 is 9.47 Å². The average molecular weight is 224 g/mol. The summed E-state index contributed by atoms with van der Waals surface area (Å²) in [4.78, 5) is 0. The number of aryl methyl sites for hydroxylation is 1. The molecule has 3 heteroatoms. The molecule has 0 fully saturated rings. The van der Waals surface area contributed by atoms with Crippen LogP contribution in [-0.4, -0.2) is 24.9 Å². The summed E-state index contributed by atoms with van der Waals surface area (Å²) in [7, 11) is 1.62. The van der Waals surface area contributed by atoms with Crippen LogP contribution in [-0.2, 0) is 6.42 Å². The van der Waals surface area contributed by atoms with Gasteiger partial charge in [0.25, 0.3) is 0 Å². The van der Waals surface area contributed by atoms with Crippen molar-refractivity contribution in [2.75, 3.05) is 13.7 Å². The van der Waals surface area contributed by atoms with Crippen LogP contribution in [0.25, 0.3) is 0 Å². The molecule has 0 bridgehead atoms. The van der Waals surface area contributed by atoms with E-state index in [1.165, 1.54) is 5.56 Å². The van der Waals surface area contributed by atoms with Crippen molar-refractivity contribution in [2.24, 2.45) is 0 Å². The molecule has 90 valence electrons. The maximum absolute atomic E-state index is 9.42. The highest BCUT2D eigenvalue weighted by molar-refractivity contribution is 5.42. The fraction of sp³-hybridized carbons (Fsp3) is 0.538. The van der Waals surface area contributed by atoms with Gasteiger partial charge in [-0.3, -0.25) is 0 Å². The summed E-state index contributed by atoms with van der Waals surface area (Å²) in [6, 6.07) is 5.86. The molecule has 0 amide bonds. The molecule has 1 N–H and O–H groups in total. The lowest BCUT2D eigenvalue weighted by Gasteiger charge is -2.13. The summed E-state index contributed by atoms with van der Waals surface area (Å²) in [6.07, 6.45) is 1.24. The van der Waals surface area contributed by atoms with Gasteiger partial charge in [0.1, 0.15) is 6.61 Å². The van der Waals surface area contributed by atoms with E-state index in [1.807, 2.05) is 25.1 Å². The minimum absolute atomic E-state index is 0.304. The van der Waals surface area contributed by atoms with Gasteiger partial charge in [0.2, 0.25) is 0 Å². The molecule has 1 unspecified atom stereocenters. The van der Waals surface area contributed by atoms with Gasteiger partial charge >= 0.3 is 0 Å². The largest absolute Gasteiger partial charge is 0.493 e. The Morgan fingerprint density at radius 2 is 2.00 bits per heavy atom. The smallest absolute Gasteiger partial charge is 0.161 e. The first kappa shape index (κ1) is 12.8. The zero-order valence-electron chi connectivity index (χ0n) is 10.2. The normalized spacial score (nSPS) is 12.2. The van der Waals surface area contributed by atoms with E-state index in [9.17, 15) is 5.11 Å². The third-order valence-electron chi connectivity index (χ3n) is 2.54. The first-order chi connectivity index (χ1) is 7.71. The fourth-order valence-corrected chi connectivity index (χ4v) is 1.35. The van der Waals surface area contributed by atoms with Crippen molar-refractivity contribution in [3.05, 3.63) is 23.8 Å². The third-order valence-corrected chi connectivity index (χ3v) is 2.54. The first-order valence-electron chi connectivity index (χ1n) is 5.69. The molecule has 0 saturated carbocycles. The molecule has 0 spiro atoms. The highest BCUT2D eigenvalue weighted by Crippen LogP contribution is 2.28. The number of hydrogen-bond acceptors (Lipinski definition) is 3. The monoisotopic (exact) mass is 224 g/mol. The minimum Gasteiger partial charge on any atom is -0.493 e. The highest BCUT2D eigenvalue weighted by Gasteiger charge is 2.07. The van der Waals surface area contributed by atoms with Crippen LogP contribution in [0.5, 0.6) is 11.5 Å². The Hall–Kier alpha value is -1.22. The molecule has 0 heterocycles. The lowest BCUT2D eigenvalue weighted by Crippen LogP contribution is -2.16. The van der Waals surface area contributed by atoms with Crippen LogP contribution in [0.2, 0.25) is 0 Å². The summed E-state index contributed by atoms with van der Waals surface area (Å²) >= 11 is 0. The first-order valence-corrected chi connectivity index (χ1v) is 5.69. The number of rotatable bonds is 6. The zero-order chi connectivity index (χ0) is 12.0. The molecule has 0 saturated heterocycles. The van der Waals surface area contributed by atoms with Crippen molar-refractivity contribution in [1.82, 2.24) is 0 Å². The molecule has 1 aromatic carbocycles. The molecule has 0 aliphatic heterocycles. The van der Waals surface area contributed by atoms with E-state index < -0.39 is 6.10 Å². The van der Waals surface area contributed by atoms with Crippen molar-refractivity contribution in [3.63, 3.8) is 0 Å². The van der Waals surface area contributed by atoms with Crippen molar-refractivity contribution in [1.29, 1.82) is 0 Å². The fourth-order valence-electron chi connectivity index (χ4n) is 1.35. The van der Waals surface area contributed by atoms with Gasteiger partial charge in [-0.1, -0.05) is 19.9 Å². The van der Waals surface area contributed by atoms with Crippen molar-refractivity contribution in [2.45, 2.75) is 32.8 Å². The maximum atomic E-state index is 9.42. The Labute approximate surface area is 97.0 Å². The Kier molecular flexibility index (Phi) is 5.12. The molecular weight excluding hydrogens is 204 g/mol. The highest BCUT2D eigenvalue weighted by atomic mass is 16.5. The summed E-state index contributed by atoms with van der Waals surface area (Å²) < 4.78 is 10.8. The van der Waals surface area contributed by atoms with Gasteiger partial charge in [-0.15, -0.1) is 0 Å². The molecule has 1 atom stereocenters. The standard InChI is InChI=1S/C13H20O3/c1-4-10-6-7-12(13(8-10)15-3)16-9-11(14)5-2/h6-8,11,14H,4-5,9H2,1-3H3. The van der Waals surface area contributed by atoms with Crippen molar-refractivity contribution in [3.8, 4) is 11.5 Å². The zero-order valence-corrected chi connectivity index (χ0v) is 10.2. The number of ether oxygens (including phenoxy) is 2. The van der Waals surface area contributed by atoms with E-state index in [1.54, 1.807) is 7.11 Å². The van der Waals surface area contributed by atoms with Gasteiger partial charge in [0, 0.05) is 0 Å². The molecule has 16 heavy (non-hydrogen) atoms. The van der Waals surface area contributed by atoms with Crippen molar-refractivity contribution >= 4 is 0 Å². The van der Waals surface area contributed by atoms with Crippen LogP contribution in [0.1, 0.15) is 25.8 Å². The third kappa shape index (κ3) is 3.42. The van der Waals surface area contributed by atoms with Crippen LogP contribution in [0.4, 0.5) is 0 Å². The molecule has 1 aromatic rings. The van der Waals surface area contributed by atoms with E-state index in [2.05, 4.69) is 6.92 Å². The van der Waals surface area contributed by atoms with E-state index in [0.717, 1.165) is 12.2 Å². The molecule has 0 aromatic heterocycles. The summed E-state index contributed by atoms with van der Waals surface area (Å²) in [5.74, 6) is 1.41. The lowest BCUT2D eigenvalue weighted by molar-refractivity contribution is 0.102. The molecule has 0 aliphatic rings. The quantitative estimate of drug-likeness (QED) is 0.806. The second-order valence-electron chi connectivity index (χ2n) is 3.71. The molecular formula is C13H20O3. The molecule has 0 aliphatic carbocycles. The van der Waals surface area contributed by atoms with Gasteiger partial charge < -0.3 is 14.6 Å². The number of hydrogen-bond donors (Lipinski definition) is 1.